The molecule has 2 aromatic carbocycles. The van der Waals surface area contributed by atoms with Gasteiger partial charge in [0.25, 0.3) is 5.91 Å². The maximum atomic E-state index is 12.6. The number of aliphatic hydroxyl groups is 1. The summed E-state index contributed by atoms with van der Waals surface area (Å²) in [5.74, 6) is -0.404. The van der Waals surface area contributed by atoms with Crippen molar-refractivity contribution in [3.8, 4) is 0 Å². The van der Waals surface area contributed by atoms with E-state index in [2.05, 4.69) is 5.32 Å². The van der Waals surface area contributed by atoms with Crippen LogP contribution in [0.25, 0.3) is 0 Å². The number of nitrogens with one attached hydrogen (secondary N) is 1. The third kappa shape index (κ3) is 3.31. The lowest BCUT2D eigenvalue weighted by atomic mass is 9.96. The third-order valence-corrected chi connectivity index (χ3v) is 4.24. The van der Waals surface area contributed by atoms with E-state index in [1.54, 1.807) is 29.2 Å². The molecule has 0 saturated carbocycles. The molecule has 1 heterocycles. The molecule has 0 radical (unpaired) electrons. The zero-order valence-corrected chi connectivity index (χ0v) is 13.5. The average Bonchev–Trinajstić information content (AvgIpc) is 2.60. The second kappa shape index (κ2) is 6.84. The van der Waals surface area contributed by atoms with Crippen molar-refractivity contribution in [2.24, 2.45) is 0 Å². The Balaban J connectivity index is 1.78. The molecule has 0 saturated heterocycles. The Bertz CT molecular complexity index is 758. The van der Waals surface area contributed by atoms with Crippen molar-refractivity contribution < 1.29 is 14.7 Å². The van der Waals surface area contributed by atoms with Crippen molar-refractivity contribution in [1.82, 2.24) is 4.90 Å². The summed E-state index contributed by atoms with van der Waals surface area (Å²) in [7, 11) is 0. The van der Waals surface area contributed by atoms with E-state index in [1.165, 1.54) is 6.92 Å². The number of fused-ring (bicyclic) bond motifs is 1. The second-order valence-electron chi connectivity index (χ2n) is 5.95. The van der Waals surface area contributed by atoms with Crippen LogP contribution in [-0.2, 0) is 22.6 Å². The van der Waals surface area contributed by atoms with E-state index in [0.29, 0.717) is 25.1 Å². The van der Waals surface area contributed by atoms with Crippen molar-refractivity contribution >= 4 is 17.5 Å². The second-order valence-corrected chi connectivity index (χ2v) is 5.95. The molecular formula is C19H20N2O3. The summed E-state index contributed by atoms with van der Waals surface area (Å²) in [6, 6.07) is 14.6. The molecule has 2 N–H and O–H groups in total. The van der Waals surface area contributed by atoms with Gasteiger partial charge in [0.05, 0.1) is 0 Å². The molecule has 5 nitrogen and oxygen atoms in total. The van der Waals surface area contributed by atoms with Crippen LogP contribution in [0.2, 0.25) is 0 Å². The molecule has 0 aromatic heterocycles. The number of rotatable bonds is 3. The monoisotopic (exact) mass is 324 g/mol. The van der Waals surface area contributed by atoms with Crippen molar-refractivity contribution in [2.75, 3.05) is 11.9 Å². The van der Waals surface area contributed by atoms with Gasteiger partial charge in [-0.1, -0.05) is 42.5 Å². The van der Waals surface area contributed by atoms with E-state index in [0.717, 1.165) is 16.8 Å². The van der Waals surface area contributed by atoms with Gasteiger partial charge in [0, 0.05) is 25.7 Å². The molecule has 0 spiro atoms. The lowest BCUT2D eigenvalue weighted by Crippen LogP contribution is -2.39. The Morgan fingerprint density at radius 3 is 2.58 bits per heavy atom. The van der Waals surface area contributed by atoms with Crippen LogP contribution in [0.3, 0.4) is 0 Å². The molecule has 24 heavy (non-hydrogen) atoms. The summed E-state index contributed by atoms with van der Waals surface area (Å²) in [6.07, 6.45) is -0.495. The molecule has 1 aliphatic heterocycles. The van der Waals surface area contributed by atoms with Crippen molar-refractivity contribution in [3.63, 3.8) is 0 Å². The zero-order valence-electron chi connectivity index (χ0n) is 13.5. The largest absolute Gasteiger partial charge is 0.378 e. The van der Waals surface area contributed by atoms with E-state index in [-0.39, 0.29) is 11.8 Å². The van der Waals surface area contributed by atoms with Crippen LogP contribution in [0.15, 0.2) is 48.5 Å². The minimum Gasteiger partial charge on any atom is -0.378 e. The molecule has 0 bridgehead atoms. The van der Waals surface area contributed by atoms with Crippen LogP contribution >= 0.6 is 0 Å². The molecule has 124 valence electrons. The number of nitrogens with zero attached hydrogens (tertiary/aromatic N) is 1. The van der Waals surface area contributed by atoms with Crippen molar-refractivity contribution in [1.29, 1.82) is 0 Å². The quantitative estimate of drug-likeness (QED) is 0.910. The van der Waals surface area contributed by atoms with Gasteiger partial charge in [-0.2, -0.15) is 0 Å². The van der Waals surface area contributed by atoms with Gasteiger partial charge in [-0.15, -0.1) is 0 Å². The summed E-state index contributed by atoms with van der Waals surface area (Å²) in [4.78, 5) is 25.6. The molecule has 5 heteroatoms. The first-order chi connectivity index (χ1) is 11.6. The maximum Gasteiger partial charge on any atom is 0.256 e. The number of amides is 2. The SMILES string of the molecule is CC(=O)Nc1cccc2c1CCN(C(=O)C(O)c1ccccc1)C2. The van der Waals surface area contributed by atoms with E-state index in [4.69, 9.17) is 0 Å². The molecule has 1 aliphatic rings. The molecule has 3 rings (SSSR count). The fourth-order valence-corrected chi connectivity index (χ4v) is 3.06. The minimum atomic E-state index is -1.15. The highest BCUT2D eigenvalue weighted by molar-refractivity contribution is 5.90. The zero-order chi connectivity index (χ0) is 17.1. The van der Waals surface area contributed by atoms with Gasteiger partial charge >= 0.3 is 0 Å². The average molecular weight is 324 g/mol. The fraction of sp³-hybridized carbons (Fsp3) is 0.263. The first-order valence-corrected chi connectivity index (χ1v) is 7.96. The van der Waals surface area contributed by atoms with Crippen LogP contribution in [0.5, 0.6) is 0 Å². The van der Waals surface area contributed by atoms with Gasteiger partial charge in [-0.3, -0.25) is 9.59 Å². The minimum absolute atomic E-state index is 0.110. The van der Waals surface area contributed by atoms with E-state index >= 15 is 0 Å². The Labute approximate surface area is 140 Å². The van der Waals surface area contributed by atoms with Gasteiger partial charge in [0.1, 0.15) is 0 Å². The first kappa shape index (κ1) is 16.2. The summed E-state index contributed by atoms with van der Waals surface area (Å²) in [5, 5.41) is 13.1. The van der Waals surface area contributed by atoms with Crippen LogP contribution in [0, 0.1) is 0 Å². The fourth-order valence-electron chi connectivity index (χ4n) is 3.06. The van der Waals surface area contributed by atoms with Crippen LogP contribution in [-0.4, -0.2) is 28.4 Å². The van der Waals surface area contributed by atoms with E-state index < -0.39 is 6.10 Å². The number of hydrogen-bond acceptors (Lipinski definition) is 3. The van der Waals surface area contributed by atoms with Gasteiger partial charge < -0.3 is 15.3 Å². The Morgan fingerprint density at radius 2 is 1.88 bits per heavy atom. The summed E-state index contributed by atoms with van der Waals surface area (Å²) < 4.78 is 0. The van der Waals surface area contributed by atoms with Crippen molar-refractivity contribution in [3.05, 3.63) is 65.2 Å². The van der Waals surface area contributed by atoms with Gasteiger partial charge in [0.2, 0.25) is 5.91 Å². The van der Waals surface area contributed by atoms with Crippen LogP contribution in [0.4, 0.5) is 5.69 Å². The lowest BCUT2D eigenvalue weighted by Gasteiger charge is -2.31. The Hall–Kier alpha value is -2.66. The summed E-state index contributed by atoms with van der Waals surface area (Å²) in [6.45, 7) is 2.44. The number of hydrogen-bond donors (Lipinski definition) is 2. The van der Waals surface area contributed by atoms with Gasteiger partial charge in [-0.25, -0.2) is 0 Å². The van der Waals surface area contributed by atoms with Crippen LogP contribution < -0.4 is 5.32 Å². The smallest absolute Gasteiger partial charge is 0.256 e. The number of benzene rings is 2. The van der Waals surface area contributed by atoms with E-state index in [1.807, 2.05) is 24.3 Å². The molecule has 2 amide bonds. The molecule has 0 fully saturated rings. The highest BCUT2D eigenvalue weighted by Gasteiger charge is 2.27. The molecule has 1 atom stereocenters. The van der Waals surface area contributed by atoms with Gasteiger partial charge in [-0.05, 0) is 29.2 Å². The number of anilines is 1. The predicted molar refractivity (Wildman–Crippen MR) is 91.3 cm³/mol. The first-order valence-electron chi connectivity index (χ1n) is 7.96. The number of carbonyl (C=O) groups excluding carboxylic acids is 2. The Morgan fingerprint density at radius 1 is 1.12 bits per heavy atom. The summed E-state index contributed by atoms with van der Waals surface area (Å²) >= 11 is 0. The molecule has 0 aliphatic carbocycles. The van der Waals surface area contributed by atoms with Crippen LogP contribution in [0.1, 0.15) is 29.7 Å². The topological polar surface area (TPSA) is 69.6 Å². The Kier molecular flexibility index (Phi) is 4.62. The molecular weight excluding hydrogens is 304 g/mol. The number of aliphatic hydroxyl groups excluding tert-OH is 1. The maximum absolute atomic E-state index is 12.6. The summed E-state index contributed by atoms with van der Waals surface area (Å²) in [5.41, 5.74) is 3.46. The van der Waals surface area contributed by atoms with Gasteiger partial charge in [0.15, 0.2) is 6.10 Å². The highest BCUT2D eigenvalue weighted by Crippen LogP contribution is 2.28. The normalized spacial score (nSPS) is 14.7. The molecule has 1 unspecified atom stereocenters. The van der Waals surface area contributed by atoms with E-state index in [9.17, 15) is 14.7 Å². The third-order valence-electron chi connectivity index (χ3n) is 4.24. The predicted octanol–water partition coefficient (Wildman–Crippen LogP) is 2.26. The molecule has 2 aromatic rings. The number of carbonyl (C=O) groups is 2. The highest BCUT2D eigenvalue weighted by atomic mass is 16.3. The van der Waals surface area contributed by atoms with Crippen molar-refractivity contribution in [2.45, 2.75) is 26.0 Å². The lowest BCUT2D eigenvalue weighted by molar-refractivity contribution is -0.141. The standard InChI is InChI=1S/C19H20N2O3/c1-13(22)20-17-9-5-8-15-12-21(11-10-16(15)17)19(24)18(23)14-6-3-2-4-7-14/h2-9,18,23H,10-12H2,1H3,(H,20,22).